The second-order valence-electron chi connectivity index (χ2n) is 5.76. The zero-order chi connectivity index (χ0) is 18.4. The molecule has 2 heterocycles. The van der Waals surface area contributed by atoms with E-state index in [2.05, 4.69) is 4.98 Å². The Bertz CT molecular complexity index is 836. The fraction of sp³-hybridized carbons (Fsp3) is 0.294. The number of fused-ring (bicyclic) bond motifs is 1. The molecule has 25 heavy (non-hydrogen) atoms. The highest BCUT2D eigenvalue weighted by Gasteiger charge is 2.35. The SMILES string of the molecule is COc1ccc(N2CN(C)c3cc(C(F)(F)F)ccc3C2=O)c(C)n1. The fourth-order valence-corrected chi connectivity index (χ4v) is 2.82. The summed E-state index contributed by atoms with van der Waals surface area (Å²) in [6, 6.07) is 6.49. The number of anilines is 2. The Morgan fingerprint density at radius 1 is 1.16 bits per heavy atom. The van der Waals surface area contributed by atoms with E-state index in [1.165, 1.54) is 18.1 Å². The van der Waals surface area contributed by atoms with E-state index in [1.54, 1.807) is 31.0 Å². The molecule has 0 fully saturated rings. The largest absolute Gasteiger partial charge is 0.481 e. The summed E-state index contributed by atoms with van der Waals surface area (Å²) in [7, 11) is 3.14. The number of amides is 1. The zero-order valence-electron chi connectivity index (χ0n) is 13.9. The molecule has 8 heteroatoms. The number of benzene rings is 1. The predicted octanol–water partition coefficient (Wildman–Crippen LogP) is 3.47. The van der Waals surface area contributed by atoms with Crippen molar-refractivity contribution in [3.8, 4) is 5.88 Å². The van der Waals surface area contributed by atoms with Crippen LogP contribution in [-0.2, 0) is 6.18 Å². The van der Waals surface area contributed by atoms with Gasteiger partial charge in [-0.3, -0.25) is 9.69 Å². The van der Waals surface area contributed by atoms with Crippen LogP contribution in [0.2, 0.25) is 0 Å². The normalized spacial score (nSPS) is 14.6. The second kappa shape index (κ2) is 5.94. The summed E-state index contributed by atoms with van der Waals surface area (Å²) in [5, 5.41) is 0. The van der Waals surface area contributed by atoms with E-state index in [-0.39, 0.29) is 23.8 Å². The average Bonchev–Trinajstić information content (AvgIpc) is 2.57. The number of aromatic nitrogens is 1. The van der Waals surface area contributed by atoms with Crippen LogP contribution >= 0.6 is 0 Å². The molecule has 0 unspecified atom stereocenters. The monoisotopic (exact) mass is 351 g/mol. The molecule has 1 aliphatic rings. The first-order valence-corrected chi connectivity index (χ1v) is 7.48. The standard InChI is InChI=1S/C17H16F3N3O2/c1-10-13(6-7-15(21-10)25-3)23-9-22(2)14-8-11(17(18,19)20)4-5-12(14)16(23)24/h4-8H,9H2,1-3H3. The van der Waals surface area contributed by atoms with E-state index >= 15 is 0 Å². The number of nitrogens with zero attached hydrogens (tertiary/aromatic N) is 3. The molecule has 1 aliphatic heterocycles. The van der Waals surface area contributed by atoms with E-state index in [0.717, 1.165) is 12.1 Å². The minimum Gasteiger partial charge on any atom is -0.481 e. The molecule has 0 saturated heterocycles. The Balaban J connectivity index is 2.02. The highest BCUT2D eigenvalue weighted by molar-refractivity contribution is 6.12. The molecule has 0 spiro atoms. The molecule has 0 atom stereocenters. The molecule has 1 aromatic heterocycles. The minimum atomic E-state index is -4.45. The van der Waals surface area contributed by atoms with Gasteiger partial charge in [0.25, 0.3) is 5.91 Å². The number of methoxy groups -OCH3 is 1. The number of aryl methyl sites for hydroxylation is 1. The fourth-order valence-electron chi connectivity index (χ4n) is 2.82. The van der Waals surface area contributed by atoms with Crippen LogP contribution in [0.15, 0.2) is 30.3 Å². The molecule has 1 amide bonds. The van der Waals surface area contributed by atoms with Crippen molar-refractivity contribution in [1.29, 1.82) is 0 Å². The van der Waals surface area contributed by atoms with Crippen LogP contribution in [0, 0.1) is 6.92 Å². The molecule has 0 saturated carbocycles. The lowest BCUT2D eigenvalue weighted by molar-refractivity contribution is -0.137. The van der Waals surface area contributed by atoms with Crippen LogP contribution in [0.5, 0.6) is 5.88 Å². The minimum absolute atomic E-state index is 0.127. The molecule has 0 radical (unpaired) electrons. The smallest absolute Gasteiger partial charge is 0.416 e. The van der Waals surface area contributed by atoms with E-state index < -0.39 is 11.7 Å². The van der Waals surface area contributed by atoms with Crippen molar-refractivity contribution in [2.45, 2.75) is 13.1 Å². The van der Waals surface area contributed by atoms with Gasteiger partial charge in [-0.1, -0.05) is 0 Å². The Kier molecular flexibility index (Phi) is 4.06. The third kappa shape index (κ3) is 2.99. The first-order chi connectivity index (χ1) is 11.7. The molecule has 3 rings (SSSR count). The van der Waals surface area contributed by atoms with Gasteiger partial charge in [0.05, 0.1) is 42.0 Å². The Hall–Kier alpha value is -2.77. The van der Waals surface area contributed by atoms with Crippen molar-refractivity contribution < 1.29 is 22.7 Å². The van der Waals surface area contributed by atoms with Crippen molar-refractivity contribution in [1.82, 2.24) is 4.98 Å². The predicted molar refractivity (Wildman–Crippen MR) is 87.0 cm³/mol. The van der Waals surface area contributed by atoms with Crippen molar-refractivity contribution >= 4 is 17.3 Å². The molecule has 1 aromatic carbocycles. The number of ether oxygens (including phenoxy) is 1. The van der Waals surface area contributed by atoms with E-state index in [1.807, 2.05) is 0 Å². The molecule has 2 aromatic rings. The van der Waals surface area contributed by atoms with E-state index in [4.69, 9.17) is 4.74 Å². The topological polar surface area (TPSA) is 45.7 Å². The molecule has 132 valence electrons. The molecular formula is C17H16F3N3O2. The Labute approximate surface area is 142 Å². The van der Waals surface area contributed by atoms with Crippen molar-refractivity contribution in [2.24, 2.45) is 0 Å². The van der Waals surface area contributed by atoms with Crippen molar-refractivity contribution in [3.05, 3.63) is 47.2 Å². The van der Waals surface area contributed by atoms with Crippen LogP contribution in [0.3, 0.4) is 0 Å². The van der Waals surface area contributed by atoms with Gasteiger partial charge in [0, 0.05) is 13.1 Å². The molecular weight excluding hydrogens is 335 g/mol. The lowest BCUT2D eigenvalue weighted by Gasteiger charge is -2.36. The summed E-state index contributed by atoms with van der Waals surface area (Å²) in [5.74, 6) is 0.0613. The summed E-state index contributed by atoms with van der Waals surface area (Å²) in [4.78, 5) is 20.1. The van der Waals surface area contributed by atoms with Crippen LogP contribution in [0.1, 0.15) is 21.6 Å². The van der Waals surface area contributed by atoms with Gasteiger partial charge in [-0.25, -0.2) is 4.98 Å². The molecule has 0 N–H and O–H groups in total. The van der Waals surface area contributed by atoms with Crippen molar-refractivity contribution in [2.75, 3.05) is 30.6 Å². The number of pyridine rings is 1. The number of carbonyl (C=O) groups is 1. The average molecular weight is 351 g/mol. The van der Waals surface area contributed by atoms with Gasteiger partial charge >= 0.3 is 6.18 Å². The summed E-state index contributed by atoms with van der Waals surface area (Å²) < 4.78 is 43.8. The van der Waals surface area contributed by atoms with Gasteiger partial charge in [-0.2, -0.15) is 13.2 Å². The first kappa shape index (κ1) is 17.1. The highest BCUT2D eigenvalue weighted by Crippen LogP contribution is 2.36. The van der Waals surface area contributed by atoms with Gasteiger partial charge in [0.1, 0.15) is 0 Å². The first-order valence-electron chi connectivity index (χ1n) is 7.48. The molecule has 5 nitrogen and oxygen atoms in total. The van der Waals surface area contributed by atoms with Gasteiger partial charge in [0.2, 0.25) is 5.88 Å². The van der Waals surface area contributed by atoms with Crippen molar-refractivity contribution in [3.63, 3.8) is 0 Å². The highest BCUT2D eigenvalue weighted by atomic mass is 19.4. The second-order valence-corrected chi connectivity index (χ2v) is 5.76. The molecule has 0 aliphatic carbocycles. The van der Waals surface area contributed by atoms with Crippen LogP contribution in [0.25, 0.3) is 0 Å². The lowest BCUT2D eigenvalue weighted by atomic mass is 10.0. The third-order valence-electron chi connectivity index (χ3n) is 4.10. The molecule has 0 bridgehead atoms. The summed E-state index contributed by atoms with van der Waals surface area (Å²) in [6.07, 6.45) is -4.45. The van der Waals surface area contributed by atoms with E-state index in [9.17, 15) is 18.0 Å². The maximum absolute atomic E-state index is 12.9. The van der Waals surface area contributed by atoms with Crippen LogP contribution < -0.4 is 14.5 Å². The summed E-state index contributed by atoms with van der Waals surface area (Å²) in [5.41, 5.74) is 0.883. The van der Waals surface area contributed by atoms with E-state index in [0.29, 0.717) is 17.3 Å². The lowest BCUT2D eigenvalue weighted by Crippen LogP contribution is -2.45. The Morgan fingerprint density at radius 3 is 2.48 bits per heavy atom. The van der Waals surface area contributed by atoms with Gasteiger partial charge in [-0.05, 0) is 31.2 Å². The quantitative estimate of drug-likeness (QED) is 0.831. The summed E-state index contributed by atoms with van der Waals surface area (Å²) in [6.45, 7) is 1.87. The third-order valence-corrected chi connectivity index (χ3v) is 4.10. The number of halogens is 3. The number of hydrogen-bond acceptors (Lipinski definition) is 4. The van der Waals surface area contributed by atoms with Crippen LogP contribution in [-0.4, -0.2) is 31.7 Å². The number of hydrogen-bond donors (Lipinski definition) is 0. The Morgan fingerprint density at radius 2 is 1.88 bits per heavy atom. The van der Waals surface area contributed by atoms with Gasteiger partial charge < -0.3 is 9.64 Å². The van der Waals surface area contributed by atoms with Gasteiger partial charge in [0.15, 0.2) is 0 Å². The number of carbonyl (C=O) groups excluding carboxylic acids is 1. The van der Waals surface area contributed by atoms with Crippen LogP contribution in [0.4, 0.5) is 24.5 Å². The summed E-state index contributed by atoms with van der Waals surface area (Å²) >= 11 is 0. The number of alkyl halides is 3. The maximum Gasteiger partial charge on any atom is 0.416 e. The number of rotatable bonds is 2. The maximum atomic E-state index is 12.9. The zero-order valence-corrected chi connectivity index (χ0v) is 13.9. The van der Waals surface area contributed by atoms with Gasteiger partial charge in [-0.15, -0.1) is 0 Å².